The van der Waals surface area contributed by atoms with Crippen molar-refractivity contribution in [1.29, 1.82) is 0 Å². The van der Waals surface area contributed by atoms with Gasteiger partial charge in [0.1, 0.15) is 17.6 Å². The lowest BCUT2D eigenvalue weighted by Gasteiger charge is -2.24. The van der Waals surface area contributed by atoms with Gasteiger partial charge in [0.15, 0.2) is 0 Å². The van der Waals surface area contributed by atoms with Crippen molar-refractivity contribution in [1.82, 2.24) is 19.8 Å². The monoisotopic (exact) mass is 305 g/mol. The lowest BCUT2D eigenvalue weighted by Crippen LogP contribution is -2.38. The summed E-state index contributed by atoms with van der Waals surface area (Å²) in [5, 5.41) is 7.96. The fourth-order valence-corrected chi connectivity index (χ4v) is 2.81. The molecule has 2 aromatic heterocycles. The minimum Gasteiger partial charge on any atom is -0.382 e. The third-order valence-corrected chi connectivity index (χ3v) is 4.01. The first-order valence-corrected chi connectivity index (χ1v) is 7.12. The van der Waals surface area contributed by atoms with E-state index >= 15 is 0 Å². The maximum absolute atomic E-state index is 12.7. The van der Waals surface area contributed by atoms with Crippen LogP contribution in [0.1, 0.15) is 22.5 Å². The van der Waals surface area contributed by atoms with Gasteiger partial charge in [0.25, 0.3) is 5.91 Å². The van der Waals surface area contributed by atoms with Crippen LogP contribution in [0.15, 0.2) is 23.0 Å². The summed E-state index contributed by atoms with van der Waals surface area (Å²) in [5.41, 5.74) is 6.72. The summed E-state index contributed by atoms with van der Waals surface area (Å²) in [6, 6.07) is 1.73. The predicted octanol–water partition coefficient (Wildman–Crippen LogP) is 0.691. The quantitative estimate of drug-likeness (QED) is 0.892. The van der Waals surface area contributed by atoms with Gasteiger partial charge in [0, 0.05) is 19.9 Å². The standard InChI is InChI=1S/C14H19N5O3/c1-9-12(8-22-17-9)14(20)19-7-11(21-2)5-10(19)6-18-4-3-13(15)16-18/h3-4,8,10-11H,5-7H2,1-2H3,(H2,15,16)/t10-,11-/m0/s1. The molecule has 1 fully saturated rings. The van der Waals surface area contributed by atoms with E-state index in [0.29, 0.717) is 30.2 Å². The third-order valence-electron chi connectivity index (χ3n) is 4.01. The van der Waals surface area contributed by atoms with E-state index in [0.717, 1.165) is 6.42 Å². The van der Waals surface area contributed by atoms with Crippen LogP contribution < -0.4 is 5.73 Å². The van der Waals surface area contributed by atoms with Crippen molar-refractivity contribution in [3.05, 3.63) is 29.8 Å². The third kappa shape index (κ3) is 2.69. The average molecular weight is 305 g/mol. The molecule has 0 saturated carbocycles. The van der Waals surface area contributed by atoms with Gasteiger partial charge in [-0.15, -0.1) is 0 Å². The number of likely N-dealkylation sites (tertiary alicyclic amines) is 1. The second-order valence-electron chi connectivity index (χ2n) is 5.48. The molecule has 118 valence electrons. The van der Waals surface area contributed by atoms with Crippen LogP contribution in [-0.2, 0) is 11.3 Å². The van der Waals surface area contributed by atoms with Crippen LogP contribution >= 0.6 is 0 Å². The highest BCUT2D eigenvalue weighted by atomic mass is 16.5. The number of nitrogen functional groups attached to an aromatic ring is 1. The Hall–Kier alpha value is -2.35. The molecule has 0 spiro atoms. The Morgan fingerprint density at radius 3 is 3.00 bits per heavy atom. The highest BCUT2D eigenvalue weighted by Crippen LogP contribution is 2.24. The van der Waals surface area contributed by atoms with Crippen LogP contribution in [-0.4, -0.2) is 51.5 Å². The molecular formula is C14H19N5O3. The number of carbonyl (C=O) groups excluding carboxylic acids is 1. The molecule has 0 aliphatic carbocycles. The van der Waals surface area contributed by atoms with Gasteiger partial charge in [0.05, 0.1) is 24.4 Å². The number of hydrogen-bond acceptors (Lipinski definition) is 6. The summed E-state index contributed by atoms with van der Waals surface area (Å²) in [6.45, 7) is 2.87. The number of anilines is 1. The van der Waals surface area contributed by atoms with Gasteiger partial charge in [-0.05, 0) is 19.4 Å². The predicted molar refractivity (Wildman–Crippen MR) is 78.1 cm³/mol. The number of amides is 1. The van der Waals surface area contributed by atoms with Crippen molar-refractivity contribution in [3.8, 4) is 0 Å². The van der Waals surface area contributed by atoms with E-state index in [1.165, 1.54) is 6.26 Å². The van der Waals surface area contributed by atoms with Gasteiger partial charge in [-0.1, -0.05) is 5.16 Å². The molecule has 0 radical (unpaired) electrons. The molecule has 22 heavy (non-hydrogen) atoms. The van der Waals surface area contributed by atoms with Crippen molar-refractivity contribution in [3.63, 3.8) is 0 Å². The maximum atomic E-state index is 12.7. The zero-order chi connectivity index (χ0) is 15.7. The Bertz CT molecular complexity index is 665. The molecular weight excluding hydrogens is 286 g/mol. The minimum absolute atomic E-state index is 0.00829. The van der Waals surface area contributed by atoms with E-state index in [1.54, 1.807) is 29.7 Å². The largest absolute Gasteiger partial charge is 0.382 e. The zero-order valence-corrected chi connectivity index (χ0v) is 12.6. The Morgan fingerprint density at radius 2 is 2.41 bits per heavy atom. The van der Waals surface area contributed by atoms with E-state index < -0.39 is 0 Å². The van der Waals surface area contributed by atoms with Crippen LogP contribution in [0.3, 0.4) is 0 Å². The molecule has 1 aliphatic heterocycles. The summed E-state index contributed by atoms with van der Waals surface area (Å²) >= 11 is 0. The number of ether oxygens (including phenoxy) is 1. The number of methoxy groups -OCH3 is 1. The molecule has 2 atom stereocenters. The molecule has 3 rings (SSSR count). The molecule has 0 unspecified atom stereocenters. The van der Waals surface area contributed by atoms with Crippen molar-refractivity contribution in [2.75, 3.05) is 19.4 Å². The molecule has 8 nitrogen and oxygen atoms in total. The second-order valence-corrected chi connectivity index (χ2v) is 5.48. The highest BCUT2D eigenvalue weighted by molar-refractivity contribution is 5.95. The van der Waals surface area contributed by atoms with Crippen molar-refractivity contribution < 1.29 is 14.1 Å². The summed E-state index contributed by atoms with van der Waals surface area (Å²) in [4.78, 5) is 14.5. The lowest BCUT2D eigenvalue weighted by atomic mass is 10.2. The second kappa shape index (κ2) is 5.80. The number of hydrogen-bond donors (Lipinski definition) is 1. The summed E-state index contributed by atoms with van der Waals surface area (Å²) in [5.74, 6) is 0.373. The van der Waals surface area contributed by atoms with Gasteiger partial charge in [-0.25, -0.2) is 0 Å². The molecule has 3 heterocycles. The van der Waals surface area contributed by atoms with Gasteiger partial charge < -0.3 is 19.9 Å². The molecule has 0 bridgehead atoms. The van der Waals surface area contributed by atoms with Gasteiger partial charge in [-0.3, -0.25) is 9.48 Å². The lowest BCUT2D eigenvalue weighted by molar-refractivity contribution is 0.0677. The number of aromatic nitrogens is 3. The molecule has 2 N–H and O–H groups in total. The SMILES string of the molecule is CO[C@H]1C[C@@H](Cn2ccc(N)n2)N(C(=O)c2conc2C)C1. The topological polar surface area (TPSA) is 99.4 Å². The number of aryl methyl sites for hydroxylation is 1. The van der Waals surface area contributed by atoms with Crippen LogP contribution in [0, 0.1) is 6.92 Å². The Morgan fingerprint density at radius 1 is 1.59 bits per heavy atom. The van der Waals surface area contributed by atoms with E-state index in [1.807, 2.05) is 6.20 Å². The normalized spacial score (nSPS) is 21.5. The highest BCUT2D eigenvalue weighted by Gasteiger charge is 2.37. The number of nitrogens with zero attached hydrogens (tertiary/aromatic N) is 4. The first-order valence-electron chi connectivity index (χ1n) is 7.12. The van der Waals surface area contributed by atoms with E-state index in [2.05, 4.69) is 10.3 Å². The minimum atomic E-state index is -0.0940. The molecule has 8 heteroatoms. The molecule has 2 aromatic rings. The number of nitrogens with two attached hydrogens (primary N) is 1. The van der Waals surface area contributed by atoms with Crippen molar-refractivity contribution >= 4 is 11.7 Å². The Balaban J connectivity index is 1.80. The number of rotatable bonds is 4. The summed E-state index contributed by atoms with van der Waals surface area (Å²) in [7, 11) is 1.66. The van der Waals surface area contributed by atoms with Crippen molar-refractivity contribution in [2.24, 2.45) is 0 Å². The van der Waals surface area contributed by atoms with E-state index in [-0.39, 0.29) is 18.1 Å². The van der Waals surface area contributed by atoms with Crippen LogP contribution in [0.5, 0.6) is 0 Å². The fourth-order valence-electron chi connectivity index (χ4n) is 2.81. The summed E-state index contributed by atoms with van der Waals surface area (Å²) < 4.78 is 12.0. The first-order chi connectivity index (χ1) is 10.6. The van der Waals surface area contributed by atoms with Gasteiger partial charge in [0.2, 0.25) is 0 Å². The molecule has 1 saturated heterocycles. The van der Waals surface area contributed by atoms with Gasteiger partial charge >= 0.3 is 0 Å². The van der Waals surface area contributed by atoms with Crippen LogP contribution in [0.25, 0.3) is 0 Å². The van der Waals surface area contributed by atoms with E-state index in [4.69, 9.17) is 15.0 Å². The molecule has 1 amide bonds. The maximum Gasteiger partial charge on any atom is 0.259 e. The molecule has 0 aromatic carbocycles. The first kappa shape index (κ1) is 14.6. The Labute approximate surface area is 127 Å². The number of carbonyl (C=O) groups is 1. The van der Waals surface area contributed by atoms with Crippen LogP contribution in [0.4, 0.5) is 5.82 Å². The molecule has 1 aliphatic rings. The smallest absolute Gasteiger partial charge is 0.259 e. The van der Waals surface area contributed by atoms with Crippen molar-refractivity contribution in [2.45, 2.75) is 32.0 Å². The Kier molecular flexibility index (Phi) is 3.84. The summed E-state index contributed by atoms with van der Waals surface area (Å²) in [6.07, 6.45) is 3.97. The van der Waals surface area contributed by atoms with Crippen LogP contribution in [0.2, 0.25) is 0 Å². The zero-order valence-electron chi connectivity index (χ0n) is 12.6. The van der Waals surface area contributed by atoms with E-state index in [9.17, 15) is 4.79 Å². The average Bonchev–Trinajstić information content (AvgIpc) is 3.19. The van der Waals surface area contributed by atoms with Gasteiger partial charge in [-0.2, -0.15) is 5.10 Å². The fraction of sp³-hybridized carbons (Fsp3) is 0.500.